The Labute approximate surface area is 124 Å². The number of halogens is 1. The van der Waals surface area contributed by atoms with Crippen LogP contribution in [0.5, 0.6) is 5.75 Å². The molecule has 0 unspecified atom stereocenters. The Bertz CT molecular complexity index is 502. The monoisotopic (exact) mass is 291 g/mol. The maximum Gasteiger partial charge on any atom is 0.261 e. The van der Waals surface area contributed by atoms with Gasteiger partial charge >= 0.3 is 0 Å². The third kappa shape index (κ3) is 3.20. The molecular weight excluding hydrogens is 269 g/mol. The van der Waals surface area contributed by atoms with Crippen molar-refractivity contribution in [1.29, 1.82) is 0 Å². The summed E-state index contributed by atoms with van der Waals surface area (Å²) in [4.78, 5) is 12.4. The molecule has 21 heavy (non-hydrogen) atoms. The minimum atomic E-state index is -0.505. The number of rotatable bonds is 5. The van der Waals surface area contributed by atoms with Crippen LogP contribution in [0.15, 0.2) is 24.3 Å². The fourth-order valence-corrected chi connectivity index (χ4v) is 3.70. The zero-order chi connectivity index (χ0) is 14.8. The van der Waals surface area contributed by atoms with Crippen LogP contribution in [0, 0.1) is 17.7 Å². The zero-order valence-corrected chi connectivity index (χ0v) is 12.3. The van der Waals surface area contributed by atoms with Crippen LogP contribution in [0.3, 0.4) is 0 Å². The van der Waals surface area contributed by atoms with Gasteiger partial charge in [-0.15, -0.1) is 0 Å². The van der Waals surface area contributed by atoms with Gasteiger partial charge in [-0.25, -0.2) is 4.39 Å². The van der Waals surface area contributed by atoms with Crippen molar-refractivity contribution >= 4 is 5.91 Å². The lowest BCUT2D eigenvalue weighted by Gasteiger charge is -2.25. The van der Waals surface area contributed by atoms with Gasteiger partial charge in [0.25, 0.3) is 5.91 Å². The summed E-state index contributed by atoms with van der Waals surface area (Å²) in [5, 5.41) is 3.15. The second kappa shape index (κ2) is 6.04. The Morgan fingerprint density at radius 1 is 1.33 bits per heavy atom. The van der Waals surface area contributed by atoms with E-state index in [4.69, 9.17) is 4.74 Å². The van der Waals surface area contributed by atoms with Crippen LogP contribution in [0.1, 0.15) is 39.0 Å². The summed E-state index contributed by atoms with van der Waals surface area (Å²) in [5.41, 5.74) is 0. The fraction of sp³-hybridized carbons (Fsp3) is 0.588. The van der Waals surface area contributed by atoms with Crippen LogP contribution in [-0.4, -0.2) is 18.1 Å². The molecule has 1 amide bonds. The predicted molar refractivity (Wildman–Crippen MR) is 78.5 cm³/mol. The number of benzene rings is 1. The minimum absolute atomic E-state index is 0.0422. The quantitative estimate of drug-likeness (QED) is 0.904. The first kappa shape index (κ1) is 14.4. The van der Waals surface area contributed by atoms with Gasteiger partial charge in [0, 0.05) is 6.04 Å². The van der Waals surface area contributed by atoms with Gasteiger partial charge < -0.3 is 10.1 Å². The van der Waals surface area contributed by atoms with Gasteiger partial charge in [-0.2, -0.15) is 0 Å². The molecule has 1 aromatic carbocycles. The number of nitrogens with one attached hydrogen (secondary N) is 1. The van der Waals surface area contributed by atoms with Crippen molar-refractivity contribution in [3.8, 4) is 5.75 Å². The summed E-state index contributed by atoms with van der Waals surface area (Å²) >= 11 is 0. The molecule has 4 atom stereocenters. The van der Waals surface area contributed by atoms with Crippen LogP contribution in [0.25, 0.3) is 0 Å². The van der Waals surface area contributed by atoms with Crippen molar-refractivity contribution in [1.82, 2.24) is 5.32 Å². The number of ether oxygens (including phenoxy) is 1. The summed E-state index contributed by atoms with van der Waals surface area (Å²) in [6, 6.07) is 6.12. The van der Waals surface area contributed by atoms with Crippen LogP contribution < -0.4 is 10.1 Å². The number of fused-ring (bicyclic) bond motifs is 2. The number of carbonyl (C=O) groups excluding carboxylic acids is 1. The van der Waals surface area contributed by atoms with Crippen molar-refractivity contribution < 1.29 is 13.9 Å². The van der Waals surface area contributed by atoms with Gasteiger partial charge in [-0.1, -0.05) is 13.3 Å². The first-order chi connectivity index (χ1) is 10.2. The van der Waals surface area contributed by atoms with E-state index in [0.717, 1.165) is 12.3 Å². The third-order valence-corrected chi connectivity index (χ3v) is 4.82. The Hall–Kier alpha value is -1.58. The summed E-state index contributed by atoms with van der Waals surface area (Å²) in [5.74, 6) is 1.65. The van der Waals surface area contributed by atoms with E-state index in [1.165, 1.54) is 31.4 Å². The van der Waals surface area contributed by atoms with Gasteiger partial charge in [0.1, 0.15) is 11.6 Å². The average molecular weight is 291 g/mol. The lowest BCUT2D eigenvalue weighted by molar-refractivity contribution is -0.129. The summed E-state index contributed by atoms with van der Waals surface area (Å²) in [7, 11) is 0. The highest BCUT2D eigenvalue weighted by Crippen LogP contribution is 2.44. The maximum absolute atomic E-state index is 12.9. The molecule has 0 saturated heterocycles. The number of carbonyl (C=O) groups is 1. The highest BCUT2D eigenvalue weighted by Gasteiger charge is 2.40. The van der Waals surface area contributed by atoms with Crippen LogP contribution >= 0.6 is 0 Å². The number of amides is 1. The summed E-state index contributed by atoms with van der Waals surface area (Å²) < 4.78 is 18.6. The molecule has 0 heterocycles. The molecule has 2 aliphatic carbocycles. The molecule has 0 aromatic heterocycles. The van der Waals surface area contributed by atoms with Crippen LogP contribution in [0.2, 0.25) is 0 Å². The van der Waals surface area contributed by atoms with Crippen LogP contribution in [-0.2, 0) is 4.79 Å². The smallest absolute Gasteiger partial charge is 0.261 e. The highest BCUT2D eigenvalue weighted by atomic mass is 19.1. The van der Waals surface area contributed by atoms with E-state index in [9.17, 15) is 9.18 Å². The van der Waals surface area contributed by atoms with E-state index >= 15 is 0 Å². The van der Waals surface area contributed by atoms with Gasteiger partial charge in [-0.3, -0.25) is 4.79 Å². The lowest BCUT2D eigenvalue weighted by Crippen LogP contribution is -2.45. The lowest BCUT2D eigenvalue weighted by atomic mass is 9.95. The molecule has 3 rings (SSSR count). The third-order valence-electron chi connectivity index (χ3n) is 4.82. The normalized spacial score (nSPS) is 28.4. The average Bonchev–Trinajstić information content (AvgIpc) is 3.09. The van der Waals surface area contributed by atoms with E-state index in [1.807, 2.05) is 6.92 Å². The van der Waals surface area contributed by atoms with E-state index < -0.39 is 6.10 Å². The molecule has 3 nitrogen and oxygen atoms in total. The zero-order valence-electron chi connectivity index (χ0n) is 12.3. The Morgan fingerprint density at radius 3 is 2.67 bits per heavy atom. The Balaban J connectivity index is 1.57. The SMILES string of the molecule is CC[C@@H](Oc1ccc(F)cc1)C(=O)N[C@H]1C[C@@H]2CC[C@@H]1C2. The van der Waals surface area contributed by atoms with Crippen molar-refractivity contribution in [3.05, 3.63) is 30.1 Å². The first-order valence-corrected chi connectivity index (χ1v) is 7.88. The number of hydrogen-bond acceptors (Lipinski definition) is 2. The van der Waals surface area contributed by atoms with Crippen molar-refractivity contribution in [2.75, 3.05) is 0 Å². The van der Waals surface area contributed by atoms with Gasteiger partial charge in [0.15, 0.2) is 6.10 Å². The fourth-order valence-electron chi connectivity index (χ4n) is 3.70. The molecule has 1 N–H and O–H groups in total. The molecule has 2 bridgehead atoms. The number of hydrogen-bond donors (Lipinski definition) is 1. The van der Waals surface area contributed by atoms with Crippen molar-refractivity contribution in [2.24, 2.45) is 11.8 Å². The molecule has 1 aromatic rings. The molecule has 0 spiro atoms. The van der Waals surface area contributed by atoms with Gasteiger partial charge in [0.2, 0.25) is 0 Å². The predicted octanol–water partition coefficient (Wildman–Crippen LogP) is 3.29. The van der Waals surface area contributed by atoms with Gasteiger partial charge in [-0.05, 0) is 61.8 Å². The molecule has 114 valence electrons. The molecule has 4 heteroatoms. The van der Waals surface area contributed by atoms with Crippen LogP contribution in [0.4, 0.5) is 4.39 Å². The standard InChI is InChI=1S/C17H22FNO2/c1-2-16(21-14-7-5-13(18)6-8-14)17(20)19-15-10-11-3-4-12(15)9-11/h5-8,11-12,15-16H,2-4,9-10H2,1H3,(H,19,20)/t11-,12-,15+,16-/m1/s1. The van der Waals surface area contributed by atoms with Crippen molar-refractivity contribution in [3.63, 3.8) is 0 Å². The summed E-state index contributed by atoms with van der Waals surface area (Å²) in [6.07, 6.45) is 5.04. The minimum Gasteiger partial charge on any atom is -0.481 e. The van der Waals surface area contributed by atoms with E-state index in [-0.39, 0.29) is 11.7 Å². The van der Waals surface area contributed by atoms with Crippen molar-refractivity contribution in [2.45, 2.75) is 51.2 Å². The highest BCUT2D eigenvalue weighted by molar-refractivity contribution is 5.81. The van der Waals surface area contributed by atoms with Gasteiger partial charge in [0.05, 0.1) is 0 Å². The topological polar surface area (TPSA) is 38.3 Å². The molecule has 2 aliphatic rings. The Kier molecular flexibility index (Phi) is 4.13. The second-order valence-electron chi connectivity index (χ2n) is 6.26. The largest absolute Gasteiger partial charge is 0.481 e. The first-order valence-electron chi connectivity index (χ1n) is 7.88. The van der Waals surface area contributed by atoms with E-state index in [1.54, 1.807) is 12.1 Å². The molecular formula is C17H22FNO2. The molecule has 2 saturated carbocycles. The summed E-state index contributed by atoms with van der Waals surface area (Å²) in [6.45, 7) is 1.93. The van der Waals surface area contributed by atoms with E-state index in [2.05, 4.69) is 5.32 Å². The molecule has 0 aliphatic heterocycles. The Morgan fingerprint density at radius 2 is 2.10 bits per heavy atom. The maximum atomic E-state index is 12.9. The second-order valence-corrected chi connectivity index (χ2v) is 6.26. The molecule has 0 radical (unpaired) electrons. The molecule has 2 fully saturated rings. The van der Waals surface area contributed by atoms with E-state index in [0.29, 0.717) is 24.1 Å².